The molecule has 1 saturated heterocycles. The van der Waals surface area contributed by atoms with Crippen LogP contribution in [0.2, 0.25) is 0 Å². The van der Waals surface area contributed by atoms with E-state index in [2.05, 4.69) is 20.3 Å². The summed E-state index contributed by atoms with van der Waals surface area (Å²) in [7, 11) is -3.74. The van der Waals surface area contributed by atoms with Crippen molar-refractivity contribution in [2.75, 3.05) is 39.3 Å². The summed E-state index contributed by atoms with van der Waals surface area (Å²) in [6, 6.07) is 5.84. The predicted octanol–water partition coefficient (Wildman–Crippen LogP) is 1.13. The van der Waals surface area contributed by atoms with Crippen LogP contribution in [0.3, 0.4) is 0 Å². The number of nitrogens with zero attached hydrogens (tertiary/aromatic N) is 1. The summed E-state index contributed by atoms with van der Waals surface area (Å²) >= 11 is 0. The molecular weight excluding hydrogens is 400 g/mol. The number of piperazine rings is 1. The number of amides is 1. The number of aryl methyl sites for hydroxylation is 1. The number of hydrogen-bond acceptors (Lipinski definition) is 5. The Kier molecular flexibility index (Phi) is 10.4. The summed E-state index contributed by atoms with van der Waals surface area (Å²) in [6.07, 6.45) is 0.449. The minimum atomic E-state index is -3.74. The molecule has 0 saturated carbocycles. The predicted molar refractivity (Wildman–Crippen MR) is 114 cm³/mol. The molecule has 7 nitrogen and oxygen atoms in total. The highest BCUT2D eigenvalue weighted by Gasteiger charge is 2.26. The Morgan fingerprint density at radius 3 is 2.36 bits per heavy atom. The Balaban J connectivity index is 0.00000392. The van der Waals surface area contributed by atoms with Crippen LogP contribution in [0.15, 0.2) is 29.2 Å². The Hall–Kier alpha value is -1.19. The van der Waals surface area contributed by atoms with Gasteiger partial charge in [-0.05, 0) is 31.4 Å². The number of benzene rings is 1. The highest BCUT2D eigenvalue weighted by atomic mass is 35.5. The van der Waals surface area contributed by atoms with Crippen molar-refractivity contribution >= 4 is 28.3 Å². The molecule has 2 rings (SSSR count). The van der Waals surface area contributed by atoms with Crippen molar-refractivity contribution in [3.05, 3.63) is 29.8 Å². The van der Waals surface area contributed by atoms with Crippen LogP contribution in [0, 0.1) is 12.8 Å². The van der Waals surface area contributed by atoms with Gasteiger partial charge in [-0.25, -0.2) is 8.42 Å². The third-order valence-electron chi connectivity index (χ3n) is 4.59. The maximum atomic E-state index is 12.7. The van der Waals surface area contributed by atoms with Crippen molar-refractivity contribution in [2.24, 2.45) is 5.92 Å². The van der Waals surface area contributed by atoms with Gasteiger partial charge in [0.25, 0.3) is 0 Å². The molecule has 28 heavy (non-hydrogen) atoms. The molecule has 1 unspecified atom stereocenters. The molecule has 0 spiro atoms. The summed E-state index contributed by atoms with van der Waals surface area (Å²) in [4.78, 5) is 15.1. The molecule has 1 aromatic carbocycles. The minimum Gasteiger partial charge on any atom is -0.353 e. The molecule has 1 heterocycles. The normalized spacial score (nSPS) is 16.4. The molecule has 9 heteroatoms. The van der Waals surface area contributed by atoms with E-state index in [1.54, 1.807) is 24.3 Å². The van der Waals surface area contributed by atoms with E-state index in [9.17, 15) is 13.2 Å². The topological polar surface area (TPSA) is 90.5 Å². The van der Waals surface area contributed by atoms with Gasteiger partial charge in [0.05, 0.1) is 4.90 Å². The van der Waals surface area contributed by atoms with Gasteiger partial charge < -0.3 is 10.6 Å². The van der Waals surface area contributed by atoms with Gasteiger partial charge in [-0.2, -0.15) is 4.72 Å². The van der Waals surface area contributed by atoms with Crippen LogP contribution in [0.4, 0.5) is 0 Å². The molecule has 1 atom stereocenters. The number of sulfonamides is 1. The number of hydrogen-bond donors (Lipinski definition) is 3. The van der Waals surface area contributed by atoms with Crippen LogP contribution in [0.1, 0.15) is 25.8 Å². The van der Waals surface area contributed by atoms with Crippen LogP contribution >= 0.6 is 12.4 Å². The highest BCUT2D eigenvalue weighted by molar-refractivity contribution is 7.89. The van der Waals surface area contributed by atoms with E-state index in [4.69, 9.17) is 0 Å². The number of nitrogens with one attached hydrogen (secondary N) is 3. The van der Waals surface area contributed by atoms with Crippen LogP contribution in [-0.2, 0) is 14.8 Å². The Labute approximate surface area is 175 Å². The molecule has 1 amide bonds. The monoisotopic (exact) mass is 432 g/mol. The zero-order valence-corrected chi connectivity index (χ0v) is 18.5. The van der Waals surface area contributed by atoms with Gasteiger partial charge >= 0.3 is 0 Å². The molecule has 0 bridgehead atoms. The molecular formula is C19H33ClN4O3S. The molecule has 0 aliphatic carbocycles. The van der Waals surface area contributed by atoms with Crippen molar-refractivity contribution in [1.29, 1.82) is 0 Å². The second-order valence-corrected chi connectivity index (χ2v) is 9.21. The first-order valence-electron chi connectivity index (χ1n) is 9.57. The summed E-state index contributed by atoms with van der Waals surface area (Å²) < 4.78 is 27.9. The smallest absolute Gasteiger partial charge is 0.241 e. The van der Waals surface area contributed by atoms with Crippen molar-refractivity contribution in [1.82, 2.24) is 20.3 Å². The zero-order chi connectivity index (χ0) is 19.9. The van der Waals surface area contributed by atoms with Gasteiger partial charge in [0.1, 0.15) is 6.04 Å². The number of rotatable bonds is 9. The molecule has 1 aliphatic rings. The summed E-state index contributed by atoms with van der Waals surface area (Å²) in [5.41, 5.74) is 0.985. The van der Waals surface area contributed by atoms with Crippen molar-refractivity contribution in [2.45, 2.75) is 38.1 Å². The van der Waals surface area contributed by atoms with E-state index >= 15 is 0 Å². The fraction of sp³-hybridized carbons (Fsp3) is 0.632. The minimum absolute atomic E-state index is 0. The van der Waals surface area contributed by atoms with E-state index in [0.717, 1.165) is 38.3 Å². The van der Waals surface area contributed by atoms with Gasteiger partial charge in [-0.3, -0.25) is 9.69 Å². The molecule has 0 radical (unpaired) electrons. The lowest BCUT2D eigenvalue weighted by Gasteiger charge is -2.27. The Morgan fingerprint density at radius 2 is 1.79 bits per heavy atom. The molecule has 1 aromatic rings. The summed E-state index contributed by atoms with van der Waals surface area (Å²) in [5, 5.41) is 6.18. The third-order valence-corrected chi connectivity index (χ3v) is 6.08. The SMILES string of the molecule is Cc1ccc(S(=O)(=O)NC(CC(C)C)C(=O)NCCN2CCNCC2)cc1.Cl. The van der Waals surface area contributed by atoms with Crippen LogP contribution in [-0.4, -0.2) is 64.5 Å². The first-order chi connectivity index (χ1) is 12.8. The third kappa shape index (κ3) is 8.05. The van der Waals surface area contributed by atoms with Gasteiger partial charge in [-0.1, -0.05) is 31.5 Å². The first-order valence-corrected chi connectivity index (χ1v) is 11.1. The van der Waals surface area contributed by atoms with E-state index in [-0.39, 0.29) is 29.1 Å². The number of carbonyl (C=O) groups excluding carboxylic acids is 1. The van der Waals surface area contributed by atoms with E-state index in [1.165, 1.54) is 0 Å². The molecule has 0 aromatic heterocycles. The van der Waals surface area contributed by atoms with Crippen molar-refractivity contribution in [3.8, 4) is 0 Å². The lowest BCUT2D eigenvalue weighted by molar-refractivity contribution is -0.123. The summed E-state index contributed by atoms with van der Waals surface area (Å²) in [5.74, 6) is -0.0795. The van der Waals surface area contributed by atoms with Crippen LogP contribution < -0.4 is 15.4 Å². The Bertz CT molecular complexity index is 704. The van der Waals surface area contributed by atoms with Crippen LogP contribution in [0.25, 0.3) is 0 Å². The molecule has 1 aliphatic heterocycles. The van der Waals surface area contributed by atoms with Crippen molar-refractivity contribution < 1.29 is 13.2 Å². The average molecular weight is 433 g/mol. The maximum Gasteiger partial charge on any atom is 0.241 e. The van der Waals surface area contributed by atoms with E-state index in [1.807, 2.05) is 20.8 Å². The van der Waals surface area contributed by atoms with Gasteiger partial charge in [0, 0.05) is 39.3 Å². The quantitative estimate of drug-likeness (QED) is 0.544. The number of halogens is 1. The highest BCUT2D eigenvalue weighted by Crippen LogP contribution is 2.13. The van der Waals surface area contributed by atoms with E-state index < -0.39 is 16.1 Å². The maximum absolute atomic E-state index is 12.7. The molecule has 1 fully saturated rings. The van der Waals surface area contributed by atoms with Crippen LogP contribution in [0.5, 0.6) is 0 Å². The van der Waals surface area contributed by atoms with E-state index in [0.29, 0.717) is 13.0 Å². The Morgan fingerprint density at radius 1 is 1.18 bits per heavy atom. The molecule has 3 N–H and O–H groups in total. The van der Waals surface area contributed by atoms with Gasteiger partial charge in [0.2, 0.25) is 15.9 Å². The average Bonchev–Trinajstić information content (AvgIpc) is 2.62. The number of carbonyl (C=O) groups is 1. The lowest BCUT2D eigenvalue weighted by Crippen LogP contribution is -2.50. The van der Waals surface area contributed by atoms with Gasteiger partial charge in [0.15, 0.2) is 0 Å². The van der Waals surface area contributed by atoms with Gasteiger partial charge in [-0.15, -0.1) is 12.4 Å². The standard InChI is InChI=1S/C19H32N4O3S.ClH/c1-15(2)14-18(19(24)21-10-13-23-11-8-20-9-12-23)22-27(25,26)17-6-4-16(3)5-7-17;/h4-7,15,18,20,22H,8-14H2,1-3H3,(H,21,24);1H. The second kappa shape index (κ2) is 11.7. The zero-order valence-electron chi connectivity index (χ0n) is 16.9. The first kappa shape index (κ1) is 24.8. The summed E-state index contributed by atoms with van der Waals surface area (Å²) in [6.45, 7) is 11.0. The molecule has 160 valence electrons. The van der Waals surface area contributed by atoms with Crippen molar-refractivity contribution in [3.63, 3.8) is 0 Å². The second-order valence-electron chi connectivity index (χ2n) is 7.50. The lowest BCUT2D eigenvalue weighted by atomic mass is 10.0. The fourth-order valence-corrected chi connectivity index (χ4v) is 4.26. The largest absolute Gasteiger partial charge is 0.353 e. The fourth-order valence-electron chi connectivity index (χ4n) is 3.05.